The van der Waals surface area contributed by atoms with Crippen LogP contribution in [0.2, 0.25) is 5.02 Å². The van der Waals surface area contributed by atoms with Crippen molar-refractivity contribution in [3.63, 3.8) is 0 Å². The van der Waals surface area contributed by atoms with Gasteiger partial charge in [-0.1, -0.05) is 43.0 Å². The highest BCUT2D eigenvalue weighted by molar-refractivity contribution is 6.30. The Kier molecular flexibility index (Phi) is 5.04. The van der Waals surface area contributed by atoms with Crippen molar-refractivity contribution < 1.29 is 4.79 Å². The van der Waals surface area contributed by atoms with E-state index in [4.69, 9.17) is 11.6 Å². The van der Waals surface area contributed by atoms with E-state index in [-0.39, 0.29) is 11.5 Å². The average molecular weight is 386 g/mol. The van der Waals surface area contributed by atoms with E-state index in [0.29, 0.717) is 36.5 Å². The van der Waals surface area contributed by atoms with Gasteiger partial charge in [-0.3, -0.25) is 9.59 Å². The van der Waals surface area contributed by atoms with Gasteiger partial charge in [-0.25, -0.2) is 4.98 Å². The summed E-state index contributed by atoms with van der Waals surface area (Å²) in [6.45, 7) is 0.980. The van der Waals surface area contributed by atoms with Gasteiger partial charge >= 0.3 is 0 Å². The van der Waals surface area contributed by atoms with Crippen LogP contribution in [0.25, 0.3) is 0 Å². The van der Waals surface area contributed by atoms with E-state index in [1.807, 2.05) is 23.1 Å². The number of nitrogens with zero attached hydrogens (tertiary/aromatic N) is 2. The highest BCUT2D eigenvalue weighted by atomic mass is 35.5. The predicted molar refractivity (Wildman–Crippen MR) is 105 cm³/mol. The van der Waals surface area contributed by atoms with Crippen LogP contribution in [0.15, 0.2) is 35.4 Å². The van der Waals surface area contributed by atoms with E-state index < -0.39 is 5.41 Å². The molecule has 1 aliphatic carbocycles. The minimum absolute atomic E-state index is 0.134. The maximum atomic E-state index is 13.6. The van der Waals surface area contributed by atoms with E-state index >= 15 is 0 Å². The van der Waals surface area contributed by atoms with Crippen molar-refractivity contribution in [3.05, 3.63) is 62.8 Å². The maximum absolute atomic E-state index is 13.6. The molecule has 1 aromatic carbocycles. The topological polar surface area (TPSA) is 66.1 Å². The molecule has 1 saturated carbocycles. The molecule has 27 heavy (non-hydrogen) atoms. The Labute approximate surface area is 163 Å². The molecule has 0 unspecified atom stereocenters. The average Bonchev–Trinajstić information content (AvgIpc) is 2.68. The molecule has 142 valence electrons. The number of carbonyl (C=O) groups is 1. The van der Waals surface area contributed by atoms with Gasteiger partial charge in [0.25, 0.3) is 5.56 Å². The number of hydrogen-bond acceptors (Lipinski definition) is 3. The zero-order chi connectivity index (χ0) is 18.9. The quantitative estimate of drug-likeness (QED) is 0.879. The highest BCUT2D eigenvalue weighted by Gasteiger charge is 2.43. The monoisotopic (exact) mass is 385 g/mol. The molecule has 1 aromatic heterocycles. The second-order valence-electron chi connectivity index (χ2n) is 7.78. The van der Waals surface area contributed by atoms with Crippen LogP contribution in [0.3, 0.4) is 0 Å². The second-order valence-corrected chi connectivity index (χ2v) is 8.22. The fourth-order valence-corrected chi connectivity index (χ4v) is 4.81. The first kappa shape index (κ1) is 18.2. The number of nitrogens with one attached hydrogen (secondary N) is 1. The smallest absolute Gasteiger partial charge is 0.255 e. The molecule has 2 aromatic rings. The standard InChI is InChI=1S/C21H24ClN3O2/c22-16-6-4-5-15(11-16)12-21(8-2-1-3-9-21)20(27)25-10-7-18-17(13-25)19(26)24-14-23-18/h4-6,11,14H,1-3,7-10,12-13H2,(H,23,24,26). The van der Waals surface area contributed by atoms with Crippen LogP contribution in [0.4, 0.5) is 0 Å². The molecule has 2 heterocycles. The zero-order valence-electron chi connectivity index (χ0n) is 15.3. The van der Waals surface area contributed by atoms with Gasteiger partial charge in [0.05, 0.1) is 29.5 Å². The second kappa shape index (κ2) is 7.47. The lowest BCUT2D eigenvalue weighted by Gasteiger charge is -2.41. The number of rotatable bonds is 3. The Balaban J connectivity index is 1.62. The number of aromatic nitrogens is 2. The summed E-state index contributed by atoms with van der Waals surface area (Å²) in [6.07, 6.45) is 7.89. The minimum atomic E-state index is -0.393. The van der Waals surface area contributed by atoms with Gasteiger partial charge in [-0.2, -0.15) is 0 Å². The third kappa shape index (κ3) is 3.65. The van der Waals surface area contributed by atoms with E-state index in [9.17, 15) is 9.59 Å². The van der Waals surface area contributed by atoms with Gasteiger partial charge in [0, 0.05) is 18.0 Å². The van der Waals surface area contributed by atoms with E-state index in [0.717, 1.165) is 36.9 Å². The fourth-order valence-electron chi connectivity index (χ4n) is 4.60. The van der Waals surface area contributed by atoms with Crippen LogP contribution in [-0.2, 0) is 24.2 Å². The molecule has 1 fully saturated rings. The Morgan fingerprint density at radius 1 is 1.26 bits per heavy atom. The molecule has 0 saturated heterocycles. The van der Waals surface area contributed by atoms with Gasteiger partial charge in [0.1, 0.15) is 0 Å². The first-order valence-corrected chi connectivity index (χ1v) is 10.0. The molecule has 2 aliphatic rings. The van der Waals surface area contributed by atoms with Crippen molar-refractivity contribution in [2.45, 2.75) is 51.5 Å². The van der Waals surface area contributed by atoms with E-state index in [1.54, 1.807) is 0 Å². The normalized spacial score (nSPS) is 18.8. The van der Waals surface area contributed by atoms with Crippen molar-refractivity contribution in [1.29, 1.82) is 0 Å². The van der Waals surface area contributed by atoms with Crippen LogP contribution in [0, 0.1) is 5.41 Å². The molecule has 1 N–H and O–H groups in total. The number of amides is 1. The molecule has 1 amide bonds. The molecule has 0 atom stereocenters. The Hall–Kier alpha value is -2.14. The number of carbonyl (C=O) groups excluding carboxylic acids is 1. The zero-order valence-corrected chi connectivity index (χ0v) is 16.1. The molecule has 1 aliphatic heterocycles. The van der Waals surface area contributed by atoms with Crippen molar-refractivity contribution >= 4 is 17.5 Å². The summed E-state index contributed by atoms with van der Waals surface area (Å²) in [5.41, 5.74) is 2.02. The predicted octanol–water partition coefficient (Wildman–Crippen LogP) is 3.50. The van der Waals surface area contributed by atoms with Crippen molar-refractivity contribution in [2.24, 2.45) is 5.41 Å². The summed E-state index contributed by atoms with van der Waals surface area (Å²) in [6, 6.07) is 7.82. The van der Waals surface area contributed by atoms with Crippen LogP contribution < -0.4 is 5.56 Å². The van der Waals surface area contributed by atoms with E-state index in [1.165, 1.54) is 12.7 Å². The third-order valence-corrected chi connectivity index (χ3v) is 6.22. The first-order valence-electron chi connectivity index (χ1n) is 9.67. The number of fused-ring (bicyclic) bond motifs is 1. The molecule has 4 rings (SSSR count). The largest absolute Gasteiger partial charge is 0.337 e. The van der Waals surface area contributed by atoms with Crippen LogP contribution in [0.5, 0.6) is 0 Å². The Bertz CT molecular complexity index is 902. The number of benzene rings is 1. The number of hydrogen-bond donors (Lipinski definition) is 1. The Morgan fingerprint density at radius 2 is 2.07 bits per heavy atom. The summed E-state index contributed by atoms with van der Waals surface area (Å²) >= 11 is 6.17. The number of H-pyrrole nitrogens is 1. The van der Waals surface area contributed by atoms with Crippen molar-refractivity contribution in [2.75, 3.05) is 6.54 Å². The maximum Gasteiger partial charge on any atom is 0.255 e. The highest BCUT2D eigenvalue weighted by Crippen LogP contribution is 2.41. The molecular weight excluding hydrogens is 362 g/mol. The molecule has 5 nitrogen and oxygen atoms in total. The third-order valence-electron chi connectivity index (χ3n) is 5.99. The van der Waals surface area contributed by atoms with Crippen LogP contribution in [-0.4, -0.2) is 27.3 Å². The Morgan fingerprint density at radius 3 is 2.85 bits per heavy atom. The fraction of sp³-hybridized carbons (Fsp3) is 0.476. The van der Waals surface area contributed by atoms with Crippen molar-refractivity contribution in [1.82, 2.24) is 14.9 Å². The summed E-state index contributed by atoms with van der Waals surface area (Å²) in [7, 11) is 0. The molecule has 0 radical (unpaired) electrons. The molecule has 0 spiro atoms. The van der Waals surface area contributed by atoms with E-state index in [2.05, 4.69) is 16.0 Å². The van der Waals surface area contributed by atoms with Crippen molar-refractivity contribution in [3.8, 4) is 0 Å². The summed E-state index contributed by atoms with van der Waals surface area (Å²) in [4.78, 5) is 34.6. The van der Waals surface area contributed by atoms with Crippen LogP contribution >= 0.6 is 11.6 Å². The molecule has 0 bridgehead atoms. The lowest BCUT2D eigenvalue weighted by molar-refractivity contribution is -0.145. The number of halogens is 1. The first-order chi connectivity index (χ1) is 13.1. The summed E-state index contributed by atoms with van der Waals surface area (Å²) in [5, 5.41) is 0.704. The van der Waals surface area contributed by atoms with Gasteiger partial charge in [-0.15, -0.1) is 0 Å². The summed E-state index contributed by atoms with van der Waals surface area (Å²) < 4.78 is 0. The lowest BCUT2D eigenvalue weighted by Crippen LogP contribution is -2.49. The lowest BCUT2D eigenvalue weighted by atomic mass is 9.69. The SMILES string of the molecule is O=C(N1CCc2nc[nH]c(=O)c2C1)C1(Cc2cccc(Cl)c2)CCCCC1. The van der Waals surface area contributed by atoms with Crippen LogP contribution in [0.1, 0.15) is 48.9 Å². The van der Waals surface area contributed by atoms with Gasteiger partial charge in [0.2, 0.25) is 5.91 Å². The van der Waals surface area contributed by atoms with Gasteiger partial charge < -0.3 is 9.88 Å². The number of aromatic amines is 1. The van der Waals surface area contributed by atoms with Gasteiger partial charge in [-0.05, 0) is 37.0 Å². The summed E-state index contributed by atoms with van der Waals surface area (Å²) in [5.74, 6) is 0.177. The molecular formula is C21H24ClN3O2. The van der Waals surface area contributed by atoms with Gasteiger partial charge in [0.15, 0.2) is 0 Å². The molecule has 6 heteroatoms. The minimum Gasteiger partial charge on any atom is -0.337 e.